The van der Waals surface area contributed by atoms with Gasteiger partial charge >= 0.3 is 13.6 Å². The number of nitrogens with zero attached hydrogens (tertiary/aromatic N) is 1. The second-order valence-electron chi connectivity index (χ2n) is 11.4. The molecule has 3 aromatic carbocycles. The smallest absolute Gasteiger partial charge is 0.453 e. The normalized spacial score (nSPS) is 15.9. The predicted molar refractivity (Wildman–Crippen MR) is 172 cm³/mol. The highest BCUT2D eigenvalue weighted by Gasteiger charge is 2.44. The summed E-state index contributed by atoms with van der Waals surface area (Å²) in [5, 5.41) is 14.5. The summed E-state index contributed by atoms with van der Waals surface area (Å²) in [5.74, 6) is -3.52. The van der Waals surface area contributed by atoms with Gasteiger partial charge in [0.15, 0.2) is 5.78 Å². The first-order valence-corrected chi connectivity index (χ1v) is 16.9. The quantitative estimate of drug-likeness (QED) is 0.194. The lowest BCUT2D eigenvalue weighted by atomic mass is 10.0. The molecule has 3 atom stereocenters. The van der Waals surface area contributed by atoms with Gasteiger partial charge in [-0.15, -0.1) is 0 Å². The van der Waals surface area contributed by atoms with Crippen molar-refractivity contribution in [3.63, 3.8) is 0 Å². The predicted octanol–water partition coefficient (Wildman–Crippen LogP) is 5.02. The van der Waals surface area contributed by atoms with E-state index < -0.39 is 49.2 Å². The minimum atomic E-state index is -4.19. The molecule has 46 heavy (non-hydrogen) atoms. The number of hydrogen-bond donors (Lipinski definition) is 3. The average molecular weight is 650 g/mol. The van der Waals surface area contributed by atoms with E-state index in [1.54, 1.807) is 74.5 Å². The van der Waals surface area contributed by atoms with Gasteiger partial charge in [-0.25, -0.2) is 4.57 Å². The van der Waals surface area contributed by atoms with E-state index in [2.05, 4.69) is 10.6 Å². The number of nitrogens with one attached hydrogen (secondary N) is 2. The van der Waals surface area contributed by atoms with Crippen molar-refractivity contribution in [1.82, 2.24) is 15.5 Å². The Balaban J connectivity index is 1.61. The molecule has 0 aliphatic carbocycles. The zero-order valence-electron chi connectivity index (χ0n) is 25.9. The second-order valence-corrected chi connectivity index (χ2v) is 13.5. The first-order chi connectivity index (χ1) is 22.1. The van der Waals surface area contributed by atoms with Crippen molar-refractivity contribution >= 4 is 31.3 Å². The first kappa shape index (κ1) is 34.2. The molecule has 1 saturated heterocycles. The van der Waals surface area contributed by atoms with Crippen molar-refractivity contribution in [2.45, 2.75) is 63.8 Å². The van der Waals surface area contributed by atoms with Crippen LogP contribution in [-0.2, 0) is 30.2 Å². The van der Waals surface area contributed by atoms with Crippen LogP contribution in [0.3, 0.4) is 0 Å². The van der Waals surface area contributed by atoms with E-state index in [9.17, 15) is 23.7 Å². The van der Waals surface area contributed by atoms with Gasteiger partial charge < -0.3 is 29.7 Å². The van der Waals surface area contributed by atoms with Crippen molar-refractivity contribution in [2.24, 2.45) is 5.92 Å². The molecular weight excluding hydrogens is 609 g/mol. The third kappa shape index (κ3) is 9.44. The summed E-state index contributed by atoms with van der Waals surface area (Å²) in [5.41, 5.74) is 0.782. The Kier molecular flexibility index (Phi) is 12.0. The molecule has 3 aromatic rings. The van der Waals surface area contributed by atoms with Crippen LogP contribution >= 0.6 is 7.60 Å². The van der Waals surface area contributed by atoms with Gasteiger partial charge in [0, 0.05) is 19.4 Å². The fraction of sp³-hybridized carbons (Fsp3) is 0.353. The van der Waals surface area contributed by atoms with Crippen molar-refractivity contribution in [1.29, 1.82) is 0 Å². The molecule has 1 heterocycles. The van der Waals surface area contributed by atoms with Crippen LogP contribution in [0, 0.1) is 5.92 Å². The summed E-state index contributed by atoms with van der Waals surface area (Å²) in [6.45, 7) is 3.81. The molecule has 244 valence electrons. The van der Waals surface area contributed by atoms with Crippen molar-refractivity contribution in [3.8, 4) is 11.5 Å². The number of carbonyl (C=O) groups is 4. The maximum Gasteiger partial charge on any atom is 0.453 e. The van der Waals surface area contributed by atoms with Crippen LogP contribution in [0.5, 0.6) is 11.5 Å². The van der Waals surface area contributed by atoms with Crippen molar-refractivity contribution in [3.05, 3.63) is 96.6 Å². The lowest BCUT2D eigenvalue weighted by molar-refractivity contribution is -0.143. The van der Waals surface area contributed by atoms with E-state index in [4.69, 9.17) is 14.2 Å². The fourth-order valence-corrected chi connectivity index (χ4v) is 7.05. The molecule has 12 heteroatoms. The Bertz CT molecular complexity index is 1480. The minimum Gasteiger partial charge on any atom is -0.481 e. The highest BCUT2D eigenvalue weighted by molar-refractivity contribution is 7.55. The van der Waals surface area contributed by atoms with E-state index in [0.29, 0.717) is 24.3 Å². The minimum absolute atomic E-state index is 0.110. The van der Waals surface area contributed by atoms with Gasteiger partial charge in [-0.3, -0.25) is 19.2 Å². The number of rotatable bonds is 15. The van der Waals surface area contributed by atoms with E-state index in [1.165, 1.54) is 4.90 Å². The number of para-hydroxylation sites is 2. The molecular formula is C34H40N3O8P. The van der Waals surface area contributed by atoms with Gasteiger partial charge in [0.05, 0.1) is 6.42 Å². The molecule has 3 amide bonds. The van der Waals surface area contributed by atoms with E-state index in [-0.39, 0.29) is 31.7 Å². The number of amides is 3. The molecule has 4 rings (SSSR count). The summed E-state index contributed by atoms with van der Waals surface area (Å²) in [4.78, 5) is 52.6. The Hall–Kier alpha value is -4.63. The lowest BCUT2D eigenvalue weighted by Gasteiger charge is -2.33. The first-order valence-electron chi connectivity index (χ1n) is 15.3. The zero-order valence-corrected chi connectivity index (χ0v) is 26.8. The number of carboxylic acids is 1. The van der Waals surface area contributed by atoms with Crippen molar-refractivity contribution in [2.75, 3.05) is 6.54 Å². The van der Waals surface area contributed by atoms with Crippen LogP contribution in [0.2, 0.25) is 0 Å². The largest absolute Gasteiger partial charge is 0.481 e. The lowest BCUT2D eigenvalue weighted by Crippen LogP contribution is -2.56. The van der Waals surface area contributed by atoms with Crippen molar-refractivity contribution < 1.29 is 37.9 Å². The molecule has 0 saturated carbocycles. The number of carbonyl (C=O) groups excluding carboxylic acids is 3. The molecule has 0 radical (unpaired) electrons. The van der Waals surface area contributed by atoms with Gasteiger partial charge in [0.2, 0.25) is 17.7 Å². The summed E-state index contributed by atoms with van der Waals surface area (Å²) in [6.07, 6.45) is 0.381. The maximum absolute atomic E-state index is 14.8. The molecule has 11 nitrogen and oxygen atoms in total. The standard InChI is InChI=1S/C34H40N3O8P/c1-24(2)32(35-29(38)20-21-31(39)40)34(42)37-22-12-19-28(37)33(41)36-30(23-25-13-6-3-7-14-25)46(43,44-26-15-8-4-9-16-26)45-27-17-10-5-11-18-27/h3-11,13-18,24,28,30,32H,12,19-23H2,1-2H3,(H,35,38)(H,36,41)(H,39,40). The topological polar surface area (TPSA) is 151 Å². The van der Waals surface area contributed by atoms with Crippen LogP contribution in [-0.4, -0.2) is 58.1 Å². The van der Waals surface area contributed by atoms with Gasteiger partial charge in [-0.05, 0) is 48.6 Å². The molecule has 3 unspecified atom stereocenters. The van der Waals surface area contributed by atoms with Crippen LogP contribution in [0.25, 0.3) is 0 Å². The number of carboxylic acid groups (broad SMARTS) is 1. The molecule has 1 fully saturated rings. The number of likely N-dealkylation sites (tertiary alicyclic amines) is 1. The van der Waals surface area contributed by atoms with E-state index >= 15 is 0 Å². The number of benzene rings is 3. The Morgan fingerprint density at radius 3 is 1.91 bits per heavy atom. The summed E-state index contributed by atoms with van der Waals surface area (Å²) < 4.78 is 27.0. The third-order valence-electron chi connectivity index (χ3n) is 7.57. The number of aliphatic carboxylic acids is 1. The SMILES string of the molecule is CC(C)C(NC(=O)CCC(=O)O)C(=O)N1CCCC1C(=O)NC(Cc1ccccc1)P(=O)(Oc1ccccc1)Oc1ccccc1. The summed E-state index contributed by atoms with van der Waals surface area (Å²) in [7, 11) is -4.19. The maximum atomic E-state index is 14.8. The highest BCUT2D eigenvalue weighted by Crippen LogP contribution is 2.53. The molecule has 1 aliphatic heterocycles. The fourth-order valence-electron chi connectivity index (χ4n) is 5.20. The van der Waals surface area contributed by atoms with Crippen LogP contribution in [0.1, 0.15) is 45.1 Å². The Morgan fingerprint density at radius 1 is 0.848 bits per heavy atom. The summed E-state index contributed by atoms with van der Waals surface area (Å²) >= 11 is 0. The van der Waals surface area contributed by atoms with E-state index in [0.717, 1.165) is 5.56 Å². The second kappa shape index (κ2) is 16.1. The molecule has 0 aromatic heterocycles. The Morgan fingerprint density at radius 2 is 1.39 bits per heavy atom. The Labute approximate surface area is 268 Å². The zero-order chi connectivity index (χ0) is 33.1. The third-order valence-corrected chi connectivity index (χ3v) is 9.57. The van der Waals surface area contributed by atoms with Crippen LogP contribution in [0.15, 0.2) is 91.0 Å². The molecule has 1 aliphatic rings. The number of hydrogen-bond acceptors (Lipinski definition) is 7. The van der Waals surface area contributed by atoms with Gasteiger partial charge in [-0.1, -0.05) is 80.6 Å². The summed E-state index contributed by atoms with van der Waals surface area (Å²) in [6, 6.07) is 24.5. The highest BCUT2D eigenvalue weighted by atomic mass is 31.2. The average Bonchev–Trinajstić information content (AvgIpc) is 3.54. The van der Waals surface area contributed by atoms with E-state index in [1.807, 2.05) is 30.3 Å². The molecule has 0 spiro atoms. The molecule has 3 N–H and O–H groups in total. The van der Waals surface area contributed by atoms with Crippen LogP contribution < -0.4 is 19.7 Å². The monoisotopic (exact) mass is 649 g/mol. The van der Waals surface area contributed by atoms with Crippen LogP contribution in [0.4, 0.5) is 0 Å². The van der Waals surface area contributed by atoms with Gasteiger partial charge in [0.25, 0.3) is 0 Å². The molecule has 0 bridgehead atoms. The van der Waals surface area contributed by atoms with Gasteiger partial charge in [0.1, 0.15) is 23.6 Å². The van der Waals surface area contributed by atoms with Gasteiger partial charge in [-0.2, -0.15) is 0 Å².